The van der Waals surface area contributed by atoms with Gasteiger partial charge >= 0.3 is 0 Å². The Labute approximate surface area is 157 Å². The minimum Gasteiger partial charge on any atom is -0.390 e. The number of aliphatic hydroxyl groups excluding tert-OH is 1. The summed E-state index contributed by atoms with van der Waals surface area (Å²) in [6.07, 6.45) is -0.269. The number of fused-ring (bicyclic) bond motifs is 3. The van der Waals surface area contributed by atoms with Crippen molar-refractivity contribution in [1.82, 2.24) is 9.80 Å². The first-order valence-corrected chi connectivity index (χ1v) is 10.2. The number of hydrogen-bond acceptors (Lipinski definition) is 5. The Bertz CT molecular complexity index is 919. The quantitative estimate of drug-likeness (QED) is 0.771. The van der Waals surface area contributed by atoms with E-state index in [-0.39, 0.29) is 12.1 Å². The molecule has 0 amide bonds. The van der Waals surface area contributed by atoms with Crippen molar-refractivity contribution in [1.29, 1.82) is 0 Å². The van der Waals surface area contributed by atoms with Crippen LogP contribution in [0, 0.1) is 0 Å². The van der Waals surface area contributed by atoms with Crippen LogP contribution in [0.25, 0.3) is 20.2 Å². The van der Waals surface area contributed by atoms with Crippen molar-refractivity contribution in [3.8, 4) is 0 Å². The van der Waals surface area contributed by atoms with Gasteiger partial charge in [-0.1, -0.05) is 36.4 Å². The molecule has 2 atom stereocenters. The topological polar surface area (TPSA) is 35.9 Å². The summed E-state index contributed by atoms with van der Waals surface area (Å²) in [6.45, 7) is 6.02. The van der Waals surface area contributed by atoms with E-state index < -0.39 is 0 Å². The molecule has 1 N–H and O–H groups in total. The Balaban J connectivity index is 1.39. The monoisotopic (exact) mass is 368 g/mol. The zero-order valence-corrected chi connectivity index (χ0v) is 15.6. The minimum atomic E-state index is -0.269. The van der Waals surface area contributed by atoms with Gasteiger partial charge in [-0.15, -0.1) is 11.3 Å². The highest BCUT2D eigenvalue weighted by atomic mass is 32.1. The fourth-order valence-corrected chi connectivity index (χ4v) is 5.62. The van der Waals surface area contributed by atoms with E-state index in [2.05, 4.69) is 52.3 Å². The smallest absolute Gasteiger partial charge is 0.0834 e. The molecule has 2 aromatic carbocycles. The Morgan fingerprint density at radius 2 is 1.81 bits per heavy atom. The van der Waals surface area contributed by atoms with Gasteiger partial charge in [0.15, 0.2) is 0 Å². The molecule has 0 unspecified atom stereocenters. The molecule has 3 aromatic rings. The number of benzene rings is 2. The molecule has 0 radical (unpaired) electrons. The van der Waals surface area contributed by atoms with Crippen LogP contribution in [0.15, 0.2) is 42.5 Å². The van der Waals surface area contributed by atoms with E-state index in [1.807, 2.05) is 11.3 Å². The van der Waals surface area contributed by atoms with Crippen LogP contribution in [0.3, 0.4) is 0 Å². The normalized spacial score (nSPS) is 25.4. The highest BCUT2D eigenvalue weighted by molar-refractivity contribution is 7.26. The van der Waals surface area contributed by atoms with E-state index >= 15 is 0 Å². The van der Waals surface area contributed by atoms with Crippen molar-refractivity contribution in [2.45, 2.75) is 18.7 Å². The van der Waals surface area contributed by atoms with Crippen molar-refractivity contribution in [2.75, 3.05) is 39.4 Å². The number of hydrogen-bond donors (Lipinski definition) is 1. The fraction of sp³-hybridized carbons (Fsp3) is 0.429. The van der Waals surface area contributed by atoms with Crippen molar-refractivity contribution < 1.29 is 9.84 Å². The summed E-state index contributed by atoms with van der Waals surface area (Å²) >= 11 is 1.89. The molecule has 2 fully saturated rings. The lowest BCUT2D eigenvalue weighted by atomic mass is 10.1. The molecule has 3 heterocycles. The third-order valence-corrected chi connectivity index (χ3v) is 6.99. The third-order valence-electron chi connectivity index (χ3n) is 5.73. The summed E-state index contributed by atoms with van der Waals surface area (Å²) in [5, 5.41) is 13.3. The van der Waals surface area contributed by atoms with Gasteiger partial charge in [0.25, 0.3) is 0 Å². The maximum atomic E-state index is 10.6. The van der Waals surface area contributed by atoms with Crippen LogP contribution in [-0.4, -0.2) is 66.4 Å². The summed E-state index contributed by atoms with van der Waals surface area (Å²) < 4.78 is 8.20. The molecule has 5 heteroatoms. The molecule has 5 rings (SSSR count). The van der Waals surface area contributed by atoms with Crippen LogP contribution < -0.4 is 0 Å². The maximum absolute atomic E-state index is 10.6. The van der Waals surface area contributed by atoms with Crippen LogP contribution >= 0.6 is 11.3 Å². The average Bonchev–Trinajstić information content (AvgIpc) is 3.23. The van der Waals surface area contributed by atoms with E-state index in [1.54, 1.807) is 0 Å². The number of β-amino-alcohol motifs (C(OH)–C–C–N with tert-alkyl or cyclic N) is 1. The molecule has 2 saturated heterocycles. The van der Waals surface area contributed by atoms with Crippen molar-refractivity contribution in [3.05, 3.63) is 48.0 Å². The van der Waals surface area contributed by atoms with E-state index in [9.17, 15) is 5.11 Å². The number of ether oxygens (including phenoxy) is 1. The molecule has 0 aliphatic carbocycles. The summed E-state index contributed by atoms with van der Waals surface area (Å²) in [7, 11) is 0. The maximum Gasteiger partial charge on any atom is 0.0834 e. The third kappa shape index (κ3) is 2.94. The van der Waals surface area contributed by atoms with Crippen LogP contribution in [0.2, 0.25) is 0 Å². The second-order valence-electron chi connectivity index (χ2n) is 7.37. The van der Waals surface area contributed by atoms with E-state index in [1.165, 1.54) is 25.7 Å². The lowest BCUT2D eigenvalue weighted by molar-refractivity contribution is -0.00618. The SMILES string of the molecule is O[C@H]1CN(Cc2cccc3c2sc2ccccc23)C[C@@H]1N1CCOCC1. The Kier molecular flexibility index (Phi) is 4.43. The van der Waals surface area contributed by atoms with Crippen LogP contribution in [0.4, 0.5) is 0 Å². The molecule has 0 spiro atoms. The van der Waals surface area contributed by atoms with Crippen LogP contribution in [0.5, 0.6) is 0 Å². The Morgan fingerprint density at radius 3 is 2.69 bits per heavy atom. The minimum absolute atomic E-state index is 0.237. The van der Waals surface area contributed by atoms with Gasteiger partial charge in [-0.2, -0.15) is 0 Å². The molecule has 2 aliphatic rings. The number of likely N-dealkylation sites (tertiary alicyclic amines) is 1. The summed E-state index contributed by atoms with van der Waals surface area (Å²) in [5.74, 6) is 0. The molecule has 2 aliphatic heterocycles. The second-order valence-corrected chi connectivity index (χ2v) is 8.42. The second kappa shape index (κ2) is 6.91. The predicted octanol–water partition coefficient (Wildman–Crippen LogP) is 2.93. The summed E-state index contributed by atoms with van der Waals surface area (Å²) in [5.41, 5.74) is 1.37. The Hall–Kier alpha value is -1.50. The number of thiophene rings is 1. The first-order valence-electron chi connectivity index (χ1n) is 9.41. The summed E-state index contributed by atoms with van der Waals surface area (Å²) in [6, 6.07) is 15.5. The number of morpholine rings is 1. The average molecular weight is 369 g/mol. The van der Waals surface area contributed by atoms with Gasteiger partial charge in [-0.3, -0.25) is 9.80 Å². The van der Waals surface area contributed by atoms with Gasteiger partial charge in [-0.05, 0) is 11.6 Å². The molecule has 4 nitrogen and oxygen atoms in total. The van der Waals surface area contributed by atoms with E-state index in [0.29, 0.717) is 0 Å². The zero-order chi connectivity index (χ0) is 17.5. The zero-order valence-electron chi connectivity index (χ0n) is 14.8. The van der Waals surface area contributed by atoms with Crippen molar-refractivity contribution >= 4 is 31.5 Å². The molecule has 136 valence electrons. The van der Waals surface area contributed by atoms with E-state index in [0.717, 1.165) is 45.9 Å². The largest absolute Gasteiger partial charge is 0.390 e. The highest BCUT2D eigenvalue weighted by Crippen LogP contribution is 2.36. The molecular formula is C21H24N2O2S. The van der Waals surface area contributed by atoms with E-state index in [4.69, 9.17) is 4.74 Å². The van der Waals surface area contributed by atoms with Gasteiger partial charge in [0, 0.05) is 58.9 Å². The van der Waals surface area contributed by atoms with Gasteiger partial charge in [-0.25, -0.2) is 0 Å². The van der Waals surface area contributed by atoms with Crippen LogP contribution in [-0.2, 0) is 11.3 Å². The van der Waals surface area contributed by atoms with Crippen LogP contribution in [0.1, 0.15) is 5.56 Å². The first-order chi connectivity index (χ1) is 12.8. The van der Waals surface area contributed by atoms with Gasteiger partial charge in [0.1, 0.15) is 0 Å². The lowest BCUT2D eigenvalue weighted by Gasteiger charge is -2.33. The van der Waals surface area contributed by atoms with Gasteiger partial charge in [0.2, 0.25) is 0 Å². The standard InChI is InChI=1S/C21H24N2O2S/c24-19-14-22(13-18(19)23-8-10-25-11-9-23)12-15-4-3-6-17-16-5-1-2-7-20(16)26-21(15)17/h1-7,18-19,24H,8-14H2/t18-,19-/m0/s1. The number of rotatable bonds is 3. The molecule has 1 aromatic heterocycles. The fourth-order valence-electron chi connectivity index (χ4n) is 4.41. The first kappa shape index (κ1) is 16.7. The van der Waals surface area contributed by atoms with Crippen molar-refractivity contribution in [2.24, 2.45) is 0 Å². The Morgan fingerprint density at radius 1 is 1.00 bits per heavy atom. The molecule has 0 saturated carbocycles. The van der Waals surface area contributed by atoms with Gasteiger partial charge < -0.3 is 9.84 Å². The summed E-state index contributed by atoms with van der Waals surface area (Å²) in [4.78, 5) is 4.80. The predicted molar refractivity (Wildman–Crippen MR) is 107 cm³/mol. The highest BCUT2D eigenvalue weighted by Gasteiger charge is 2.36. The number of nitrogens with zero attached hydrogens (tertiary/aromatic N) is 2. The molecule has 26 heavy (non-hydrogen) atoms. The molecule has 0 bridgehead atoms. The van der Waals surface area contributed by atoms with Crippen molar-refractivity contribution in [3.63, 3.8) is 0 Å². The lowest BCUT2D eigenvalue weighted by Crippen LogP contribution is -2.48. The number of aliphatic hydroxyl groups is 1. The van der Waals surface area contributed by atoms with Gasteiger partial charge in [0.05, 0.1) is 19.3 Å². The molecular weight excluding hydrogens is 344 g/mol.